The minimum Gasteiger partial charge on any atom is -0.312 e. The Morgan fingerprint density at radius 3 is 2.39 bits per heavy atom. The van der Waals surface area contributed by atoms with Crippen LogP contribution in [-0.4, -0.2) is 25.8 Å². The first-order chi connectivity index (χ1) is 13.0. The van der Waals surface area contributed by atoms with Crippen molar-refractivity contribution in [2.24, 2.45) is 7.05 Å². The number of aromatic nitrogens is 3. The average Bonchev–Trinajstić information content (AvgIpc) is 2.89. The number of hydrogen-bond donors (Lipinski definition) is 0. The second-order valence-corrected chi connectivity index (χ2v) is 8.14. The van der Waals surface area contributed by atoms with Crippen molar-refractivity contribution in [2.45, 2.75) is 28.4 Å². The van der Waals surface area contributed by atoms with Gasteiger partial charge in [-0.3, -0.25) is 0 Å². The summed E-state index contributed by atoms with van der Waals surface area (Å²) in [6.45, 7) is 1.81. The third kappa shape index (κ3) is 4.40. The maximum absolute atomic E-state index is 13.0. The molecule has 11 heteroatoms. The standard InChI is InChI=1S/C17H13F6N3S2/c1-3-27-13-6-9(16(18,19)20)4-5-11(13)14-25-12-7-10(28-17(21,22)23)8-24-15(12)26(14)2/h4-8H,3H2,1-2H3. The first kappa shape index (κ1) is 20.8. The Bertz CT molecular complexity index is 1010. The van der Waals surface area contributed by atoms with E-state index in [1.54, 1.807) is 11.6 Å². The zero-order valence-corrected chi connectivity index (χ0v) is 16.2. The van der Waals surface area contributed by atoms with E-state index in [-0.39, 0.29) is 22.2 Å². The highest BCUT2D eigenvalue weighted by Crippen LogP contribution is 2.39. The number of nitrogens with zero attached hydrogens (tertiary/aromatic N) is 3. The van der Waals surface area contributed by atoms with E-state index in [1.165, 1.54) is 23.9 Å². The summed E-state index contributed by atoms with van der Waals surface area (Å²) >= 11 is 0.932. The van der Waals surface area contributed by atoms with Crippen LogP contribution in [-0.2, 0) is 13.2 Å². The van der Waals surface area contributed by atoms with Crippen molar-refractivity contribution in [2.75, 3.05) is 5.75 Å². The molecule has 150 valence electrons. The summed E-state index contributed by atoms with van der Waals surface area (Å²) in [5.41, 5.74) is -4.18. The molecule has 3 rings (SSSR count). The van der Waals surface area contributed by atoms with Crippen molar-refractivity contribution in [3.05, 3.63) is 36.0 Å². The topological polar surface area (TPSA) is 30.7 Å². The Hall–Kier alpha value is -1.88. The van der Waals surface area contributed by atoms with Gasteiger partial charge in [0.15, 0.2) is 5.65 Å². The van der Waals surface area contributed by atoms with Crippen molar-refractivity contribution >= 4 is 34.7 Å². The molecule has 3 aromatic rings. The quantitative estimate of drug-likeness (QED) is 0.350. The SMILES string of the molecule is CCSc1cc(C(F)(F)F)ccc1-c1nc2cc(SC(F)(F)F)cnc2n1C. The van der Waals surface area contributed by atoms with Crippen molar-refractivity contribution in [3.8, 4) is 11.4 Å². The number of pyridine rings is 1. The Balaban J connectivity index is 2.11. The van der Waals surface area contributed by atoms with Crippen LogP contribution in [0.1, 0.15) is 12.5 Å². The molecule has 0 fully saturated rings. The number of aryl methyl sites for hydroxylation is 1. The molecule has 0 radical (unpaired) electrons. The fourth-order valence-corrected chi connectivity index (χ4v) is 4.03. The van der Waals surface area contributed by atoms with Crippen molar-refractivity contribution < 1.29 is 26.3 Å². The van der Waals surface area contributed by atoms with E-state index >= 15 is 0 Å². The van der Waals surface area contributed by atoms with Gasteiger partial charge in [-0.05, 0) is 41.8 Å². The number of thioether (sulfide) groups is 2. The summed E-state index contributed by atoms with van der Waals surface area (Å²) in [7, 11) is 1.62. The molecule has 0 atom stereocenters. The van der Waals surface area contributed by atoms with Crippen molar-refractivity contribution in [3.63, 3.8) is 0 Å². The molecule has 1 aromatic carbocycles. The van der Waals surface area contributed by atoms with Crippen LogP contribution >= 0.6 is 23.5 Å². The number of benzene rings is 1. The predicted octanol–water partition coefficient (Wildman–Crippen LogP) is 6.38. The maximum Gasteiger partial charge on any atom is 0.446 e. The zero-order valence-electron chi connectivity index (χ0n) is 14.5. The van der Waals surface area contributed by atoms with Gasteiger partial charge in [-0.15, -0.1) is 11.8 Å². The monoisotopic (exact) mass is 437 g/mol. The van der Waals surface area contributed by atoms with Crippen LogP contribution in [0, 0.1) is 0 Å². The Morgan fingerprint density at radius 2 is 1.79 bits per heavy atom. The molecule has 28 heavy (non-hydrogen) atoms. The number of halogens is 6. The molecule has 0 aliphatic rings. The highest BCUT2D eigenvalue weighted by atomic mass is 32.2. The molecule has 2 heterocycles. The normalized spacial score (nSPS) is 12.7. The van der Waals surface area contributed by atoms with Crippen LogP contribution in [0.2, 0.25) is 0 Å². The lowest BCUT2D eigenvalue weighted by Crippen LogP contribution is -2.05. The molecule has 0 bridgehead atoms. The van der Waals surface area contributed by atoms with E-state index in [2.05, 4.69) is 9.97 Å². The summed E-state index contributed by atoms with van der Waals surface area (Å²) in [5.74, 6) is 0.879. The summed E-state index contributed by atoms with van der Waals surface area (Å²) in [4.78, 5) is 8.65. The highest BCUT2D eigenvalue weighted by molar-refractivity contribution is 8.00. The molecule has 0 unspecified atom stereocenters. The molecule has 3 nitrogen and oxygen atoms in total. The van der Waals surface area contributed by atoms with Gasteiger partial charge in [-0.25, -0.2) is 9.97 Å². The molecule has 0 aliphatic carbocycles. The first-order valence-electron chi connectivity index (χ1n) is 7.92. The lowest BCUT2D eigenvalue weighted by Gasteiger charge is -2.12. The van der Waals surface area contributed by atoms with Gasteiger partial charge < -0.3 is 4.57 Å². The van der Waals surface area contributed by atoms with Crippen molar-refractivity contribution in [1.29, 1.82) is 0 Å². The summed E-state index contributed by atoms with van der Waals surface area (Å²) in [6.07, 6.45) is -3.38. The van der Waals surface area contributed by atoms with E-state index in [1.807, 2.05) is 6.92 Å². The Morgan fingerprint density at radius 1 is 1.07 bits per heavy atom. The van der Waals surface area contributed by atoms with E-state index in [0.717, 1.165) is 18.3 Å². The Kier molecular flexibility index (Phi) is 5.59. The lowest BCUT2D eigenvalue weighted by molar-refractivity contribution is -0.137. The average molecular weight is 437 g/mol. The van der Waals surface area contributed by atoms with Gasteiger partial charge in [0.25, 0.3) is 0 Å². The van der Waals surface area contributed by atoms with Crippen LogP contribution in [0.15, 0.2) is 40.3 Å². The number of imidazole rings is 1. The molecule has 0 spiro atoms. The van der Waals surface area contributed by atoms with Crippen LogP contribution < -0.4 is 0 Å². The lowest BCUT2D eigenvalue weighted by atomic mass is 10.1. The molecule has 0 saturated carbocycles. The van der Waals surface area contributed by atoms with Crippen LogP contribution in [0.5, 0.6) is 0 Å². The Labute approximate surface area is 164 Å². The molecular formula is C17H13F6N3S2. The maximum atomic E-state index is 13.0. The number of alkyl halides is 6. The molecule has 2 aromatic heterocycles. The molecule has 0 aliphatic heterocycles. The molecule has 0 N–H and O–H groups in total. The molecule has 0 saturated heterocycles. The van der Waals surface area contributed by atoms with E-state index in [9.17, 15) is 26.3 Å². The summed E-state index contributed by atoms with van der Waals surface area (Å²) in [5, 5.41) is 0. The van der Waals surface area contributed by atoms with Gasteiger partial charge in [0.2, 0.25) is 0 Å². The van der Waals surface area contributed by atoms with E-state index < -0.39 is 17.2 Å². The zero-order chi connectivity index (χ0) is 20.7. The first-order valence-corrected chi connectivity index (χ1v) is 9.72. The number of rotatable bonds is 4. The van der Waals surface area contributed by atoms with E-state index in [4.69, 9.17) is 0 Å². The predicted molar refractivity (Wildman–Crippen MR) is 97.3 cm³/mol. The largest absolute Gasteiger partial charge is 0.446 e. The second kappa shape index (κ2) is 7.51. The van der Waals surface area contributed by atoms with Gasteiger partial charge >= 0.3 is 11.7 Å². The number of hydrogen-bond acceptors (Lipinski definition) is 4. The van der Waals surface area contributed by atoms with Gasteiger partial charge in [-0.1, -0.05) is 6.92 Å². The fraction of sp³-hybridized carbons (Fsp3) is 0.294. The van der Waals surface area contributed by atoms with Crippen LogP contribution in [0.4, 0.5) is 26.3 Å². The third-order valence-electron chi connectivity index (χ3n) is 3.77. The van der Waals surface area contributed by atoms with E-state index in [0.29, 0.717) is 27.7 Å². The highest BCUT2D eigenvalue weighted by Gasteiger charge is 2.32. The smallest absolute Gasteiger partial charge is 0.312 e. The molecule has 0 amide bonds. The minimum atomic E-state index is -4.47. The number of fused-ring (bicyclic) bond motifs is 1. The summed E-state index contributed by atoms with van der Waals surface area (Å²) in [6, 6.07) is 4.61. The van der Waals surface area contributed by atoms with Gasteiger partial charge in [0.1, 0.15) is 11.3 Å². The van der Waals surface area contributed by atoms with Gasteiger partial charge in [-0.2, -0.15) is 26.3 Å². The fourth-order valence-electron chi connectivity index (χ4n) is 2.65. The van der Waals surface area contributed by atoms with Gasteiger partial charge in [0, 0.05) is 28.6 Å². The van der Waals surface area contributed by atoms with Crippen LogP contribution in [0.25, 0.3) is 22.6 Å². The second-order valence-electron chi connectivity index (χ2n) is 5.70. The van der Waals surface area contributed by atoms with Crippen molar-refractivity contribution in [1.82, 2.24) is 14.5 Å². The van der Waals surface area contributed by atoms with Crippen LogP contribution in [0.3, 0.4) is 0 Å². The minimum absolute atomic E-state index is 0.111. The molecular weight excluding hydrogens is 424 g/mol. The van der Waals surface area contributed by atoms with Gasteiger partial charge in [0.05, 0.1) is 5.56 Å². The third-order valence-corrected chi connectivity index (χ3v) is 5.40. The summed E-state index contributed by atoms with van der Waals surface area (Å²) < 4.78 is 78.4.